The van der Waals surface area contributed by atoms with Crippen molar-refractivity contribution in [1.82, 2.24) is 0 Å². The maximum atomic E-state index is 12.8. The number of benzene rings is 1. The molecule has 0 heterocycles. The van der Waals surface area contributed by atoms with Crippen LogP contribution in [-0.4, -0.2) is 10.9 Å². The van der Waals surface area contributed by atoms with Crippen LogP contribution in [0.25, 0.3) is 0 Å². The molecule has 1 rings (SSSR count). The van der Waals surface area contributed by atoms with Crippen molar-refractivity contribution in [3.63, 3.8) is 0 Å². The number of aliphatic hydroxyl groups excluding tert-OH is 1. The number of Topliss-reactive ketones (excluding diaryl/α,β-unsaturated/α-hetero) is 1. The van der Waals surface area contributed by atoms with Crippen molar-refractivity contribution in [1.29, 1.82) is 0 Å². The topological polar surface area (TPSA) is 37.3 Å². The largest absolute Gasteiger partial charge is 0.381 e. The molecule has 82 valence electrons. The lowest BCUT2D eigenvalue weighted by Gasteiger charge is -2.12. The summed E-state index contributed by atoms with van der Waals surface area (Å²) in [4.78, 5) is 11.5. The third kappa shape index (κ3) is 2.76. The highest BCUT2D eigenvalue weighted by Crippen LogP contribution is 2.23. The molecule has 0 saturated heterocycles. The molecule has 1 unspecified atom stereocenters. The summed E-state index contributed by atoms with van der Waals surface area (Å²) in [6, 6.07) is 3.75. The number of hydrogen-bond acceptors (Lipinski definition) is 2. The zero-order chi connectivity index (χ0) is 11.6. The SMILES string of the molecule is CC(C)C(=O)C(O)c1ccc(F)c(Cl)c1. The van der Waals surface area contributed by atoms with Gasteiger partial charge in [-0.3, -0.25) is 4.79 Å². The number of halogens is 2. The summed E-state index contributed by atoms with van der Waals surface area (Å²) in [5, 5.41) is 9.55. The molecule has 0 aliphatic carbocycles. The van der Waals surface area contributed by atoms with E-state index in [4.69, 9.17) is 11.6 Å². The minimum Gasteiger partial charge on any atom is -0.381 e. The van der Waals surface area contributed by atoms with Crippen molar-refractivity contribution in [2.24, 2.45) is 5.92 Å². The van der Waals surface area contributed by atoms with Gasteiger partial charge < -0.3 is 5.11 Å². The second kappa shape index (κ2) is 4.73. The predicted octanol–water partition coefficient (Wildman–Crippen LogP) is 2.74. The molecule has 0 radical (unpaired) electrons. The van der Waals surface area contributed by atoms with Gasteiger partial charge in [0.1, 0.15) is 11.9 Å². The molecule has 1 aromatic rings. The van der Waals surface area contributed by atoms with Crippen molar-refractivity contribution >= 4 is 17.4 Å². The van der Waals surface area contributed by atoms with Gasteiger partial charge in [0, 0.05) is 5.92 Å². The summed E-state index contributed by atoms with van der Waals surface area (Å²) in [5.41, 5.74) is 0.320. The van der Waals surface area contributed by atoms with Gasteiger partial charge in [-0.25, -0.2) is 4.39 Å². The third-order valence-electron chi connectivity index (χ3n) is 2.10. The molecule has 0 amide bonds. The van der Waals surface area contributed by atoms with Crippen LogP contribution < -0.4 is 0 Å². The Morgan fingerprint density at radius 1 is 1.47 bits per heavy atom. The second-order valence-electron chi connectivity index (χ2n) is 3.63. The van der Waals surface area contributed by atoms with Gasteiger partial charge in [-0.2, -0.15) is 0 Å². The minimum absolute atomic E-state index is 0.0943. The molecule has 0 aliphatic rings. The van der Waals surface area contributed by atoms with E-state index in [1.807, 2.05) is 0 Å². The Balaban J connectivity index is 2.97. The van der Waals surface area contributed by atoms with E-state index < -0.39 is 11.9 Å². The maximum Gasteiger partial charge on any atom is 0.168 e. The van der Waals surface area contributed by atoms with Crippen LogP contribution in [0.2, 0.25) is 5.02 Å². The first-order valence-corrected chi connectivity index (χ1v) is 4.98. The number of rotatable bonds is 3. The molecule has 0 fully saturated rings. The van der Waals surface area contributed by atoms with Crippen molar-refractivity contribution in [3.05, 3.63) is 34.6 Å². The van der Waals surface area contributed by atoms with Gasteiger partial charge in [-0.1, -0.05) is 31.5 Å². The lowest BCUT2D eigenvalue weighted by Crippen LogP contribution is -2.17. The lowest BCUT2D eigenvalue weighted by molar-refractivity contribution is -0.130. The molecular weight excluding hydrogens is 219 g/mol. The molecule has 1 atom stereocenters. The Labute approximate surface area is 92.7 Å². The van der Waals surface area contributed by atoms with Crippen molar-refractivity contribution < 1.29 is 14.3 Å². The highest BCUT2D eigenvalue weighted by atomic mass is 35.5. The van der Waals surface area contributed by atoms with Crippen LogP contribution in [0.4, 0.5) is 4.39 Å². The van der Waals surface area contributed by atoms with Crippen LogP contribution in [0.3, 0.4) is 0 Å². The van der Waals surface area contributed by atoms with Crippen molar-refractivity contribution in [2.45, 2.75) is 20.0 Å². The first-order chi connectivity index (χ1) is 6.93. The zero-order valence-electron chi connectivity index (χ0n) is 8.50. The molecule has 1 aromatic carbocycles. The fourth-order valence-electron chi connectivity index (χ4n) is 1.16. The highest BCUT2D eigenvalue weighted by Gasteiger charge is 2.20. The van der Waals surface area contributed by atoms with Crippen LogP contribution in [0.15, 0.2) is 18.2 Å². The molecule has 0 spiro atoms. The Morgan fingerprint density at radius 2 is 2.07 bits per heavy atom. The van der Waals surface area contributed by atoms with Crippen LogP contribution in [0.5, 0.6) is 0 Å². The third-order valence-corrected chi connectivity index (χ3v) is 2.39. The van der Waals surface area contributed by atoms with E-state index in [1.54, 1.807) is 13.8 Å². The maximum absolute atomic E-state index is 12.8. The fraction of sp³-hybridized carbons (Fsp3) is 0.364. The average Bonchev–Trinajstić information content (AvgIpc) is 2.19. The Bertz CT molecular complexity index is 377. The molecule has 0 saturated carbocycles. The van der Waals surface area contributed by atoms with Crippen LogP contribution in [0, 0.1) is 11.7 Å². The van der Waals surface area contributed by atoms with Crippen LogP contribution >= 0.6 is 11.6 Å². The van der Waals surface area contributed by atoms with Crippen LogP contribution in [-0.2, 0) is 4.79 Å². The average molecular weight is 231 g/mol. The number of carbonyl (C=O) groups excluding carboxylic acids is 1. The summed E-state index contributed by atoms with van der Waals surface area (Å²) in [5.74, 6) is -1.15. The van der Waals surface area contributed by atoms with Gasteiger partial charge in [-0.05, 0) is 17.7 Å². The normalized spacial score (nSPS) is 12.9. The molecule has 0 aliphatic heterocycles. The summed E-state index contributed by atoms with van der Waals surface area (Å²) < 4.78 is 12.8. The van der Waals surface area contributed by atoms with E-state index in [0.29, 0.717) is 5.56 Å². The second-order valence-corrected chi connectivity index (χ2v) is 4.04. The first-order valence-electron chi connectivity index (χ1n) is 4.60. The first kappa shape index (κ1) is 12.1. The Morgan fingerprint density at radius 3 is 2.53 bits per heavy atom. The standard InChI is InChI=1S/C11H12ClFO2/c1-6(2)10(14)11(15)7-3-4-9(13)8(12)5-7/h3-6,11,15H,1-2H3. The van der Waals surface area contributed by atoms with Gasteiger partial charge in [0.2, 0.25) is 0 Å². The van der Waals surface area contributed by atoms with E-state index in [9.17, 15) is 14.3 Å². The van der Waals surface area contributed by atoms with E-state index in [2.05, 4.69) is 0 Å². The minimum atomic E-state index is -1.23. The quantitative estimate of drug-likeness (QED) is 0.867. The summed E-state index contributed by atoms with van der Waals surface area (Å²) in [7, 11) is 0. The number of carbonyl (C=O) groups is 1. The van der Waals surface area contributed by atoms with E-state index >= 15 is 0 Å². The van der Waals surface area contributed by atoms with Gasteiger partial charge in [-0.15, -0.1) is 0 Å². The summed E-state index contributed by atoms with van der Waals surface area (Å²) >= 11 is 5.54. The molecule has 4 heteroatoms. The molecule has 0 aromatic heterocycles. The monoisotopic (exact) mass is 230 g/mol. The van der Waals surface area contributed by atoms with Crippen molar-refractivity contribution in [2.75, 3.05) is 0 Å². The van der Waals surface area contributed by atoms with Crippen molar-refractivity contribution in [3.8, 4) is 0 Å². The molecule has 0 bridgehead atoms. The molecule has 2 nitrogen and oxygen atoms in total. The lowest BCUT2D eigenvalue weighted by atomic mass is 9.98. The fourth-order valence-corrected chi connectivity index (χ4v) is 1.35. The Hall–Kier alpha value is -0.930. The van der Waals surface area contributed by atoms with Gasteiger partial charge >= 0.3 is 0 Å². The number of hydrogen-bond donors (Lipinski definition) is 1. The number of aliphatic hydroxyl groups is 1. The predicted molar refractivity (Wildman–Crippen MR) is 56.2 cm³/mol. The van der Waals surface area contributed by atoms with E-state index in [1.165, 1.54) is 12.1 Å². The number of ketones is 1. The summed E-state index contributed by atoms with van der Waals surface area (Å²) in [6.45, 7) is 3.38. The van der Waals surface area contributed by atoms with Gasteiger partial charge in [0.05, 0.1) is 5.02 Å². The molecule has 1 N–H and O–H groups in total. The van der Waals surface area contributed by atoms with E-state index in [-0.39, 0.29) is 16.7 Å². The van der Waals surface area contributed by atoms with Crippen LogP contribution in [0.1, 0.15) is 25.5 Å². The van der Waals surface area contributed by atoms with Gasteiger partial charge in [0.25, 0.3) is 0 Å². The Kier molecular flexibility index (Phi) is 3.83. The van der Waals surface area contributed by atoms with E-state index in [0.717, 1.165) is 6.07 Å². The molecular formula is C11H12ClFO2. The molecule has 15 heavy (non-hydrogen) atoms. The van der Waals surface area contributed by atoms with Gasteiger partial charge in [0.15, 0.2) is 5.78 Å². The zero-order valence-corrected chi connectivity index (χ0v) is 9.25. The summed E-state index contributed by atoms with van der Waals surface area (Å²) in [6.07, 6.45) is -1.23. The smallest absolute Gasteiger partial charge is 0.168 e. The highest BCUT2D eigenvalue weighted by molar-refractivity contribution is 6.30.